The van der Waals surface area contributed by atoms with Crippen LogP contribution in [-0.2, 0) is 11.3 Å². The second-order valence-electron chi connectivity index (χ2n) is 10.4. The van der Waals surface area contributed by atoms with Crippen LogP contribution < -0.4 is 14.4 Å². The van der Waals surface area contributed by atoms with Crippen LogP contribution in [0.2, 0.25) is 0 Å². The van der Waals surface area contributed by atoms with Gasteiger partial charge in [-0.3, -0.25) is 9.80 Å². The molecule has 3 aliphatic rings. The summed E-state index contributed by atoms with van der Waals surface area (Å²) in [5.74, 6) is 0.437. The number of piperidine rings is 1. The van der Waals surface area contributed by atoms with Gasteiger partial charge < -0.3 is 19.3 Å². The van der Waals surface area contributed by atoms with Gasteiger partial charge >= 0.3 is 12.1 Å². The molecular weight excluding hydrogens is 515 g/mol. The van der Waals surface area contributed by atoms with Crippen LogP contribution in [0.3, 0.4) is 0 Å². The minimum atomic E-state index is -1.01. The Balaban J connectivity index is 1.28. The Bertz CT molecular complexity index is 1290. The van der Waals surface area contributed by atoms with E-state index in [2.05, 4.69) is 4.90 Å². The van der Waals surface area contributed by atoms with Gasteiger partial charge in [0.25, 0.3) is 0 Å². The van der Waals surface area contributed by atoms with E-state index in [4.69, 9.17) is 19.3 Å². The maximum Gasteiger partial charge on any atom is 0.415 e. The normalized spacial score (nSPS) is 20.4. The zero-order valence-electron chi connectivity index (χ0n) is 22.9. The molecule has 2 saturated heterocycles. The molecule has 2 heterocycles. The standard InChI is InChI=1S/C31H35FN2O6/c1-3-38-26-17-21(18-27(39-4-2)28(26)22-5-9-24(32)10-6-22)19-33-15-13-31(14-16-33)20-34(30(37)40-31)25-11-7-23(8-12-25)29(35)36/h5-9,11-12,17-18,24H,3-4,10,13-16,19-20H2,1-2H3,(H,35,36). The van der Waals surface area contributed by atoms with Crippen LogP contribution in [0.15, 0.2) is 54.6 Å². The predicted octanol–water partition coefficient (Wildman–Crippen LogP) is 5.86. The Labute approximate surface area is 233 Å². The predicted molar refractivity (Wildman–Crippen MR) is 150 cm³/mol. The first-order valence-corrected chi connectivity index (χ1v) is 13.8. The van der Waals surface area contributed by atoms with E-state index in [-0.39, 0.29) is 5.56 Å². The number of hydrogen-bond acceptors (Lipinski definition) is 6. The summed E-state index contributed by atoms with van der Waals surface area (Å²) in [5, 5.41) is 9.15. The third kappa shape index (κ3) is 5.84. The number of carbonyl (C=O) groups is 2. The lowest BCUT2D eigenvalue weighted by Gasteiger charge is -2.37. The number of benzene rings is 2. The highest BCUT2D eigenvalue weighted by Gasteiger charge is 2.47. The SMILES string of the molecule is CCOc1cc(CN2CCC3(CC2)CN(c2ccc(C(=O)O)cc2)C(=O)O3)cc(OCC)c1C1=CCC(F)C=C1. The quantitative estimate of drug-likeness (QED) is 0.419. The van der Waals surface area contributed by atoms with Crippen LogP contribution in [-0.4, -0.2) is 66.7 Å². The molecule has 9 heteroatoms. The van der Waals surface area contributed by atoms with Crippen molar-refractivity contribution in [3.8, 4) is 11.5 Å². The van der Waals surface area contributed by atoms with Crippen molar-refractivity contribution >= 4 is 23.3 Å². The van der Waals surface area contributed by atoms with Crippen molar-refractivity contribution < 1.29 is 33.3 Å². The Morgan fingerprint density at radius 2 is 1.75 bits per heavy atom. The van der Waals surface area contributed by atoms with Gasteiger partial charge in [-0.2, -0.15) is 0 Å². The van der Waals surface area contributed by atoms with E-state index in [9.17, 15) is 14.0 Å². The van der Waals surface area contributed by atoms with E-state index in [1.165, 1.54) is 12.1 Å². The maximum atomic E-state index is 13.7. The van der Waals surface area contributed by atoms with Gasteiger partial charge in [0, 0.05) is 44.6 Å². The van der Waals surface area contributed by atoms with Crippen molar-refractivity contribution in [1.82, 2.24) is 4.90 Å². The second kappa shape index (κ2) is 11.7. The average Bonchev–Trinajstić information content (AvgIpc) is 3.26. The minimum absolute atomic E-state index is 0.174. The van der Waals surface area contributed by atoms with Gasteiger partial charge in [0.05, 0.1) is 30.9 Å². The molecule has 40 heavy (non-hydrogen) atoms. The van der Waals surface area contributed by atoms with Crippen molar-refractivity contribution in [2.24, 2.45) is 0 Å². The van der Waals surface area contributed by atoms with E-state index in [0.29, 0.717) is 51.3 Å². The molecule has 1 aliphatic carbocycles. The number of amides is 1. The number of hydrogen-bond donors (Lipinski definition) is 1. The van der Waals surface area contributed by atoms with E-state index >= 15 is 0 Å². The number of anilines is 1. The lowest BCUT2D eigenvalue weighted by molar-refractivity contribution is -0.00101. The highest BCUT2D eigenvalue weighted by Crippen LogP contribution is 2.40. The molecule has 2 aliphatic heterocycles. The number of carboxylic acids is 1. The fourth-order valence-corrected chi connectivity index (χ4v) is 5.58. The number of carbonyl (C=O) groups excluding carboxylic acids is 1. The van der Waals surface area contributed by atoms with E-state index < -0.39 is 23.8 Å². The third-order valence-electron chi connectivity index (χ3n) is 7.63. The smallest absolute Gasteiger partial charge is 0.415 e. The molecule has 0 aromatic heterocycles. The highest BCUT2D eigenvalue weighted by molar-refractivity contribution is 5.92. The number of ether oxygens (including phenoxy) is 3. The molecule has 2 fully saturated rings. The summed E-state index contributed by atoms with van der Waals surface area (Å²) < 4.78 is 31.7. The third-order valence-corrected chi connectivity index (χ3v) is 7.63. The Hall–Kier alpha value is -3.85. The van der Waals surface area contributed by atoms with Crippen molar-refractivity contribution in [2.75, 3.05) is 37.7 Å². The van der Waals surface area contributed by atoms with Crippen LogP contribution in [0.1, 0.15) is 54.6 Å². The average molecular weight is 551 g/mol. The summed E-state index contributed by atoms with van der Waals surface area (Å²) in [4.78, 5) is 27.8. The highest BCUT2D eigenvalue weighted by atomic mass is 19.1. The number of nitrogens with zero attached hydrogens (tertiary/aromatic N) is 2. The number of allylic oxidation sites excluding steroid dienone is 4. The second-order valence-corrected chi connectivity index (χ2v) is 10.4. The van der Waals surface area contributed by atoms with E-state index in [1.807, 2.05) is 32.1 Å². The molecule has 0 saturated carbocycles. The Morgan fingerprint density at radius 1 is 1.10 bits per heavy atom. The summed E-state index contributed by atoms with van der Waals surface area (Å²) in [6.45, 7) is 7.50. The fraction of sp³-hybridized carbons (Fsp3) is 0.419. The summed E-state index contributed by atoms with van der Waals surface area (Å²) in [6.07, 6.45) is 5.60. The molecule has 8 nitrogen and oxygen atoms in total. The van der Waals surface area contributed by atoms with Crippen LogP contribution in [0.4, 0.5) is 14.9 Å². The van der Waals surface area contributed by atoms with Crippen LogP contribution >= 0.6 is 0 Å². The van der Waals surface area contributed by atoms with Crippen molar-refractivity contribution in [2.45, 2.75) is 51.4 Å². The number of rotatable bonds is 9. The summed E-state index contributed by atoms with van der Waals surface area (Å²) >= 11 is 0. The molecule has 1 spiro atoms. The van der Waals surface area contributed by atoms with Crippen LogP contribution in [0.25, 0.3) is 5.57 Å². The first-order valence-electron chi connectivity index (χ1n) is 13.8. The number of likely N-dealkylation sites (tertiary alicyclic amines) is 1. The van der Waals surface area contributed by atoms with Gasteiger partial charge in [-0.05, 0) is 67.5 Å². The molecule has 0 bridgehead atoms. The Morgan fingerprint density at radius 3 is 2.30 bits per heavy atom. The topological polar surface area (TPSA) is 88.5 Å². The molecule has 2 aromatic carbocycles. The monoisotopic (exact) mass is 550 g/mol. The molecule has 1 atom stereocenters. The fourth-order valence-electron chi connectivity index (χ4n) is 5.58. The lowest BCUT2D eigenvalue weighted by atomic mass is 9.90. The maximum absolute atomic E-state index is 13.7. The van der Waals surface area contributed by atoms with Gasteiger partial charge in [-0.1, -0.05) is 12.2 Å². The number of aromatic carboxylic acids is 1. The summed E-state index contributed by atoms with van der Waals surface area (Å²) in [7, 11) is 0. The molecule has 212 valence electrons. The van der Waals surface area contributed by atoms with Crippen molar-refractivity contribution in [3.63, 3.8) is 0 Å². The number of alkyl halides is 1. The molecule has 1 amide bonds. The molecule has 5 rings (SSSR count). The van der Waals surface area contributed by atoms with Gasteiger partial charge in [0.2, 0.25) is 0 Å². The zero-order valence-corrected chi connectivity index (χ0v) is 22.9. The summed E-state index contributed by atoms with van der Waals surface area (Å²) in [6, 6.07) is 10.4. The van der Waals surface area contributed by atoms with Gasteiger partial charge in [-0.25, -0.2) is 14.0 Å². The molecule has 1 unspecified atom stereocenters. The van der Waals surface area contributed by atoms with Gasteiger partial charge in [-0.15, -0.1) is 0 Å². The lowest BCUT2D eigenvalue weighted by Crippen LogP contribution is -2.46. The number of carboxylic acid groups (broad SMARTS) is 1. The Kier molecular flexibility index (Phi) is 8.12. The van der Waals surface area contributed by atoms with Crippen molar-refractivity contribution in [3.05, 3.63) is 71.3 Å². The van der Waals surface area contributed by atoms with Crippen molar-refractivity contribution in [1.29, 1.82) is 0 Å². The molecule has 1 N–H and O–H groups in total. The first-order chi connectivity index (χ1) is 19.3. The van der Waals surface area contributed by atoms with E-state index in [0.717, 1.165) is 41.3 Å². The van der Waals surface area contributed by atoms with E-state index in [1.54, 1.807) is 29.2 Å². The zero-order chi connectivity index (χ0) is 28.3. The van der Waals surface area contributed by atoms with Crippen LogP contribution in [0.5, 0.6) is 11.5 Å². The first kappa shape index (κ1) is 27.7. The summed E-state index contributed by atoms with van der Waals surface area (Å²) in [5.41, 5.74) is 3.04. The molecule has 0 radical (unpaired) electrons. The minimum Gasteiger partial charge on any atom is -0.493 e. The molecular formula is C31H35FN2O6. The molecule has 2 aromatic rings. The van der Waals surface area contributed by atoms with Gasteiger partial charge in [0.15, 0.2) is 0 Å². The largest absolute Gasteiger partial charge is 0.493 e. The number of halogens is 1. The van der Waals surface area contributed by atoms with Gasteiger partial charge in [0.1, 0.15) is 23.3 Å². The van der Waals surface area contributed by atoms with Crippen LogP contribution in [0, 0.1) is 0 Å².